The van der Waals surface area contributed by atoms with Crippen LogP contribution in [0.25, 0.3) is 0 Å². The number of hydrogen-bond donors (Lipinski definition) is 3. The Bertz CT molecular complexity index is 620. The molecule has 5 N–H and O–H groups in total. The average Bonchev–Trinajstić information content (AvgIpc) is 2.35. The first-order valence-corrected chi connectivity index (χ1v) is 6.08. The molecule has 0 fully saturated rings. The summed E-state index contributed by atoms with van der Waals surface area (Å²) in [4.78, 5) is 11.2. The minimum Gasteiger partial charge on any atom is -0.398 e. The lowest BCUT2D eigenvalue weighted by Gasteiger charge is -2.12. The van der Waals surface area contributed by atoms with Gasteiger partial charge in [0.2, 0.25) is 0 Å². The first-order valence-electron chi connectivity index (χ1n) is 5.70. The van der Waals surface area contributed by atoms with Crippen LogP contribution in [0.5, 0.6) is 0 Å². The molecule has 98 valence electrons. The van der Waals surface area contributed by atoms with Gasteiger partial charge in [0.1, 0.15) is 0 Å². The molecular weight excluding hydrogens is 262 g/mol. The van der Waals surface area contributed by atoms with Gasteiger partial charge < -0.3 is 16.8 Å². The molecule has 0 bridgehead atoms. The maximum atomic E-state index is 11.2. The summed E-state index contributed by atoms with van der Waals surface area (Å²) in [5, 5.41) is 3.78. The van der Waals surface area contributed by atoms with Crippen molar-refractivity contribution in [1.82, 2.24) is 0 Å². The number of anilines is 3. The molecular formula is C14H14ClN3O. The third-order valence-corrected chi connectivity index (χ3v) is 3.13. The van der Waals surface area contributed by atoms with E-state index in [9.17, 15) is 4.79 Å². The Morgan fingerprint density at radius 1 is 1.26 bits per heavy atom. The van der Waals surface area contributed by atoms with Crippen LogP contribution in [0.2, 0.25) is 5.02 Å². The average molecular weight is 276 g/mol. The van der Waals surface area contributed by atoms with Crippen LogP contribution in [0.3, 0.4) is 0 Å². The van der Waals surface area contributed by atoms with E-state index in [0.717, 1.165) is 11.3 Å². The smallest absolute Gasteiger partial charge is 0.250 e. The summed E-state index contributed by atoms with van der Waals surface area (Å²) in [5.41, 5.74) is 14.1. The van der Waals surface area contributed by atoms with Crippen molar-refractivity contribution in [3.05, 3.63) is 52.5 Å². The van der Waals surface area contributed by atoms with Gasteiger partial charge in [-0.15, -0.1) is 0 Å². The second-order valence-electron chi connectivity index (χ2n) is 4.22. The summed E-state index contributed by atoms with van der Waals surface area (Å²) in [5.74, 6) is -0.558. The Hall–Kier alpha value is -2.20. The number of nitrogen functional groups attached to an aromatic ring is 1. The van der Waals surface area contributed by atoms with Crippen LogP contribution in [0.15, 0.2) is 36.4 Å². The number of hydrogen-bond acceptors (Lipinski definition) is 3. The highest BCUT2D eigenvalue weighted by Gasteiger charge is 2.09. The molecule has 0 unspecified atom stereocenters. The van der Waals surface area contributed by atoms with Crippen molar-refractivity contribution in [2.24, 2.45) is 5.73 Å². The van der Waals surface area contributed by atoms with Gasteiger partial charge in [0.25, 0.3) is 5.91 Å². The lowest BCUT2D eigenvalue weighted by Crippen LogP contribution is -2.13. The minimum absolute atomic E-state index is 0.287. The number of aryl methyl sites for hydroxylation is 1. The fourth-order valence-electron chi connectivity index (χ4n) is 1.78. The van der Waals surface area contributed by atoms with Crippen molar-refractivity contribution in [3.63, 3.8) is 0 Å². The lowest BCUT2D eigenvalue weighted by molar-refractivity contribution is 0.100. The van der Waals surface area contributed by atoms with E-state index >= 15 is 0 Å². The molecule has 0 radical (unpaired) electrons. The van der Waals surface area contributed by atoms with Crippen LogP contribution >= 0.6 is 11.6 Å². The number of primary amides is 1. The highest BCUT2D eigenvalue weighted by atomic mass is 35.5. The first-order chi connectivity index (χ1) is 8.99. The zero-order chi connectivity index (χ0) is 14.0. The standard InChI is InChI=1S/C14H14ClN3O/c1-8-3-2-4-11(15)13(8)18-9-5-6-12(16)10(7-9)14(17)19/h2-7,18H,16H2,1H3,(H2,17,19). The highest BCUT2D eigenvalue weighted by Crippen LogP contribution is 2.29. The van der Waals surface area contributed by atoms with E-state index in [1.807, 2.05) is 19.1 Å². The molecule has 0 atom stereocenters. The van der Waals surface area contributed by atoms with Gasteiger partial charge >= 0.3 is 0 Å². The Balaban J connectivity index is 2.39. The zero-order valence-electron chi connectivity index (χ0n) is 10.4. The predicted molar refractivity (Wildman–Crippen MR) is 78.8 cm³/mol. The van der Waals surface area contributed by atoms with Crippen molar-refractivity contribution < 1.29 is 4.79 Å². The molecule has 0 aromatic heterocycles. The SMILES string of the molecule is Cc1cccc(Cl)c1Nc1ccc(N)c(C(N)=O)c1. The molecule has 0 aliphatic carbocycles. The van der Waals surface area contributed by atoms with Crippen LogP contribution in [0, 0.1) is 6.92 Å². The Morgan fingerprint density at radius 3 is 2.63 bits per heavy atom. The molecule has 1 amide bonds. The van der Waals surface area contributed by atoms with E-state index in [0.29, 0.717) is 16.4 Å². The molecule has 0 heterocycles. The number of amides is 1. The van der Waals surface area contributed by atoms with Crippen LogP contribution in [0.1, 0.15) is 15.9 Å². The van der Waals surface area contributed by atoms with Gasteiger partial charge in [0, 0.05) is 11.4 Å². The summed E-state index contributed by atoms with van der Waals surface area (Å²) >= 11 is 6.13. The van der Waals surface area contributed by atoms with Gasteiger partial charge in [-0.3, -0.25) is 4.79 Å². The quantitative estimate of drug-likeness (QED) is 0.753. The number of nitrogens with two attached hydrogens (primary N) is 2. The largest absolute Gasteiger partial charge is 0.398 e. The molecule has 0 spiro atoms. The molecule has 4 nitrogen and oxygen atoms in total. The number of halogens is 1. The Morgan fingerprint density at radius 2 is 2.00 bits per heavy atom. The topological polar surface area (TPSA) is 81.1 Å². The highest BCUT2D eigenvalue weighted by molar-refractivity contribution is 6.33. The second-order valence-corrected chi connectivity index (χ2v) is 4.63. The molecule has 2 aromatic carbocycles. The molecule has 2 rings (SSSR count). The predicted octanol–water partition coefficient (Wildman–Crippen LogP) is 3.07. The van der Waals surface area contributed by atoms with Crippen molar-refractivity contribution in [2.45, 2.75) is 6.92 Å². The molecule has 0 aliphatic heterocycles. The maximum Gasteiger partial charge on any atom is 0.250 e. The molecule has 5 heteroatoms. The molecule has 2 aromatic rings. The van der Waals surface area contributed by atoms with E-state index in [2.05, 4.69) is 5.32 Å². The van der Waals surface area contributed by atoms with E-state index in [-0.39, 0.29) is 5.56 Å². The fourth-order valence-corrected chi connectivity index (χ4v) is 2.05. The summed E-state index contributed by atoms with van der Waals surface area (Å²) < 4.78 is 0. The normalized spacial score (nSPS) is 10.2. The van der Waals surface area contributed by atoms with Crippen molar-refractivity contribution in [1.29, 1.82) is 0 Å². The van der Waals surface area contributed by atoms with Crippen molar-refractivity contribution >= 4 is 34.6 Å². The van der Waals surface area contributed by atoms with Crippen molar-refractivity contribution in [2.75, 3.05) is 11.1 Å². The number of nitrogens with one attached hydrogen (secondary N) is 1. The van der Waals surface area contributed by atoms with Crippen molar-refractivity contribution in [3.8, 4) is 0 Å². The van der Waals surface area contributed by atoms with E-state index in [1.165, 1.54) is 0 Å². The fraction of sp³-hybridized carbons (Fsp3) is 0.0714. The first kappa shape index (κ1) is 13.2. The number of rotatable bonds is 3. The monoisotopic (exact) mass is 275 g/mol. The maximum absolute atomic E-state index is 11.2. The van der Waals surface area contributed by atoms with E-state index in [4.69, 9.17) is 23.1 Å². The van der Waals surface area contributed by atoms with Gasteiger partial charge in [0.05, 0.1) is 16.3 Å². The summed E-state index contributed by atoms with van der Waals surface area (Å²) in [6, 6.07) is 10.6. The Kier molecular flexibility index (Phi) is 3.62. The minimum atomic E-state index is -0.558. The van der Waals surface area contributed by atoms with Gasteiger partial charge in [0.15, 0.2) is 0 Å². The Labute approximate surface area is 116 Å². The summed E-state index contributed by atoms with van der Waals surface area (Å²) in [7, 11) is 0. The summed E-state index contributed by atoms with van der Waals surface area (Å²) in [6.45, 7) is 1.94. The number of carbonyl (C=O) groups is 1. The lowest BCUT2D eigenvalue weighted by atomic mass is 10.1. The van der Waals surface area contributed by atoms with Gasteiger partial charge in [-0.25, -0.2) is 0 Å². The summed E-state index contributed by atoms with van der Waals surface area (Å²) in [6.07, 6.45) is 0. The van der Waals surface area contributed by atoms with Gasteiger partial charge in [-0.1, -0.05) is 23.7 Å². The number of para-hydroxylation sites is 1. The van der Waals surface area contributed by atoms with Gasteiger partial charge in [-0.2, -0.15) is 0 Å². The molecule has 19 heavy (non-hydrogen) atoms. The third-order valence-electron chi connectivity index (χ3n) is 2.81. The third kappa shape index (κ3) is 2.80. The number of carbonyl (C=O) groups excluding carboxylic acids is 1. The van der Waals surface area contributed by atoms with Crippen LogP contribution in [-0.4, -0.2) is 5.91 Å². The molecule has 0 aliphatic rings. The van der Waals surface area contributed by atoms with Crippen LogP contribution in [0.4, 0.5) is 17.1 Å². The molecule has 0 saturated heterocycles. The van der Waals surface area contributed by atoms with E-state index in [1.54, 1.807) is 24.3 Å². The van der Waals surface area contributed by atoms with Crippen LogP contribution < -0.4 is 16.8 Å². The second kappa shape index (κ2) is 5.20. The van der Waals surface area contributed by atoms with E-state index < -0.39 is 5.91 Å². The van der Waals surface area contributed by atoms with Crippen LogP contribution in [-0.2, 0) is 0 Å². The number of benzene rings is 2. The zero-order valence-corrected chi connectivity index (χ0v) is 11.2. The van der Waals surface area contributed by atoms with Gasteiger partial charge in [-0.05, 0) is 36.8 Å². The molecule has 0 saturated carbocycles.